The molecule has 2 amide bonds. The van der Waals surface area contributed by atoms with E-state index in [1.54, 1.807) is 25.1 Å². The Morgan fingerprint density at radius 1 is 1.17 bits per heavy atom. The van der Waals surface area contributed by atoms with Gasteiger partial charge in [-0.15, -0.1) is 0 Å². The molecule has 0 fully saturated rings. The first-order chi connectivity index (χ1) is 10.9. The monoisotopic (exact) mass is 330 g/mol. The van der Waals surface area contributed by atoms with Crippen molar-refractivity contribution in [1.82, 2.24) is 0 Å². The molecular weight excluding hydrogens is 320 g/mol. The van der Waals surface area contributed by atoms with Crippen molar-refractivity contribution in [1.29, 1.82) is 0 Å². The topological polar surface area (TPSA) is 80.5 Å². The van der Waals surface area contributed by atoms with Crippen molar-refractivity contribution in [3.8, 4) is 0 Å². The van der Waals surface area contributed by atoms with E-state index in [4.69, 9.17) is 11.6 Å². The van der Waals surface area contributed by atoms with Gasteiger partial charge in [0.1, 0.15) is 0 Å². The van der Waals surface area contributed by atoms with Crippen LogP contribution >= 0.6 is 11.6 Å². The SMILES string of the molecule is Cc1cc([N+](=O)[O-])ccc1N1C(=O)Cc2cc(Cl)ccc2C1=O. The zero-order valence-electron chi connectivity index (χ0n) is 12.1. The number of nitrogens with zero attached hydrogens (tertiary/aromatic N) is 2. The second-order valence-electron chi connectivity index (χ2n) is 5.24. The highest BCUT2D eigenvalue weighted by Gasteiger charge is 2.33. The molecule has 2 aromatic carbocycles. The summed E-state index contributed by atoms with van der Waals surface area (Å²) in [5, 5.41) is 11.3. The fraction of sp³-hybridized carbons (Fsp3) is 0.125. The van der Waals surface area contributed by atoms with Crippen LogP contribution in [0.4, 0.5) is 11.4 Å². The Balaban J connectivity index is 2.07. The van der Waals surface area contributed by atoms with E-state index in [1.165, 1.54) is 18.2 Å². The number of anilines is 1. The third-order valence-corrected chi connectivity index (χ3v) is 3.96. The Morgan fingerprint density at radius 3 is 2.57 bits per heavy atom. The minimum absolute atomic E-state index is 0.0536. The summed E-state index contributed by atoms with van der Waals surface area (Å²) in [6.45, 7) is 1.63. The third kappa shape index (κ3) is 2.57. The van der Waals surface area contributed by atoms with Crippen molar-refractivity contribution in [2.24, 2.45) is 0 Å². The van der Waals surface area contributed by atoms with Crippen LogP contribution in [0.25, 0.3) is 0 Å². The Kier molecular flexibility index (Phi) is 3.61. The maximum Gasteiger partial charge on any atom is 0.269 e. The predicted molar refractivity (Wildman–Crippen MR) is 84.8 cm³/mol. The summed E-state index contributed by atoms with van der Waals surface area (Å²) >= 11 is 5.90. The fourth-order valence-electron chi connectivity index (χ4n) is 2.64. The molecule has 0 radical (unpaired) electrons. The normalized spacial score (nSPS) is 13.9. The maximum absolute atomic E-state index is 12.6. The van der Waals surface area contributed by atoms with Gasteiger partial charge >= 0.3 is 0 Å². The first-order valence-corrected chi connectivity index (χ1v) is 7.17. The molecule has 0 N–H and O–H groups in total. The van der Waals surface area contributed by atoms with E-state index in [1.807, 2.05) is 0 Å². The quantitative estimate of drug-likeness (QED) is 0.480. The second-order valence-corrected chi connectivity index (χ2v) is 5.68. The van der Waals surface area contributed by atoms with Crippen LogP contribution in [0.2, 0.25) is 5.02 Å². The molecule has 23 heavy (non-hydrogen) atoms. The van der Waals surface area contributed by atoms with Gasteiger partial charge in [0.2, 0.25) is 5.91 Å². The van der Waals surface area contributed by atoms with Crippen LogP contribution in [0.5, 0.6) is 0 Å². The highest BCUT2D eigenvalue weighted by Crippen LogP contribution is 2.31. The summed E-state index contributed by atoms with van der Waals surface area (Å²) < 4.78 is 0. The average molecular weight is 331 g/mol. The number of aryl methyl sites for hydroxylation is 1. The van der Waals surface area contributed by atoms with Crippen LogP contribution in [-0.2, 0) is 11.2 Å². The summed E-state index contributed by atoms with van der Waals surface area (Å²) in [7, 11) is 0. The zero-order chi connectivity index (χ0) is 16.7. The predicted octanol–water partition coefficient (Wildman–Crippen LogP) is 3.29. The molecule has 1 aliphatic rings. The largest absolute Gasteiger partial charge is 0.274 e. The Hall–Kier alpha value is -2.73. The average Bonchev–Trinajstić information content (AvgIpc) is 2.48. The molecule has 2 aromatic rings. The van der Waals surface area contributed by atoms with E-state index in [2.05, 4.69) is 0 Å². The molecule has 1 aliphatic heterocycles. The molecule has 116 valence electrons. The van der Waals surface area contributed by atoms with Gasteiger partial charge in [0.15, 0.2) is 0 Å². The van der Waals surface area contributed by atoms with E-state index in [0.717, 1.165) is 4.90 Å². The number of amides is 2. The fourth-order valence-corrected chi connectivity index (χ4v) is 2.84. The number of imide groups is 1. The summed E-state index contributed by atoms with van der Waals surface area (Å²) in [6.07, 6.45) is 0.0536. The van der Waals surface area contributed by atoms with E-state index in [0.29, 0.717) is 27.4 Å². The highest BCUT2D eigenvalue weighted by atomic mass is 35.5. The lowest BCUT2D eigenvalue weighted by molar-refractivity contribution is -0.384. The smallest absolute Gasteiger partial charge is 0.269 e. The zero-order valence-corrected chi connectivity index (χ0v) is 12.8. The van der Waals surface area contributed by atoms with Crippen LogP contribution in [-0.4, -0.2) is 16.7 Å². The molecule has 6 nitrogen and oxygen atoms in total. The molecule has 0 unspecified atom stereocenters. The van der Waals surface area contributed by atoms with Gasteiger partial charge in [-0.25, -0.2) is 4.90 Å². The van der Waals surface area contributed by atoms with E-state index in [9.17, 15) is 19.7 Å². The number of benzene rings is 2. The van der Waals surface area contributed by atoms with Crippen molar-refractivity contribution in [2.75, 3.05) is 4.90 Å². The minimum atomic E-state index is -0.520. The van der Waals surface area contributed by atoms with Crippen LogP contribution in [0, 0.1) is 17.0 Å². The molecule has 0 atom stereocenters. The van der Waals surface area contributed by atoms with Gasteiger partial charge in [-0.05, 0) is 42.3 Å². The lowest BCUT2D eigenvalue weighted by Crippen LogP contribution is -2.42. The number of fused-ring (bicyclic) bond motifs is 1. The van der Waals surface area contributed by atoms with Crippen molar-refractivity contribution >= 4 is 34.8 Å². The molecule has 0 bridgehead atoms. The number of nitro benzene ring substituents is 1. The molecule has 7 heteroatoms. The van der Waals surface area contributed by atoms with Gasteiger partial charge < -0.3 is 0 Å². The van der Waals surface area contributed by atoms with Gasteiger partial charge in [-0.1, -0.05) is 11.6 Å². The van der Waals surface area contributed by atoms with Crippen molar-refractivity contribution < 1.29 is 14.5 Å². The molecule has 0 saturated carbocycles. The molecule has 0 aliphatic carbocycles. The summed E-state index contributed by atoms with van der Waals surface area (Å²) in [6, 6.07) is 8.82. The van der Waals surface area contributed by atoms with E-state index in [-0.39, 0.29) is 18.0 Å². The van der Waals surface area contributed by atoms with Crippen molar-refractivity contribution in [3.63, 3.8) is 0 Å². The minimum Gasteiger partial charge on any atom is -0.274 e. The second kappa shape index (κ2) is 5.48. The Morgan fingerprint density at radius 2 is 1.91 bits per heavy atom. The summed E-state index contributed by atoms with van der Waals surface area (Å²) in [5.41, 5.74) is 1.75. The first kappa shape index (κ1) is 15.2. The van der Waals surface area contributed by atoms with Gasteiger partial charge in [0.25, 0.3) is 11.6 Å². The van der Waals surface area contributed by atoms with Gasteiger partial charge in [0, 0.05) is 22.7 Å². The molecule has 0 aromatic heterocycles. The molecule has 0 saturated heterocycles. The van der Waals surface area contributed by atoms with Gasteiger partial charge in [-0.3, -0.25) is 19.7 Å². The number of non-ortho nitro benzene ring substituents is 1. The van der Waals surface area contributed by atoms with Crippen LogP contribution < -0.4 is 4.90 Å². The Bertz CT molecular complexity index is 863. The number of hydrogen-bond donors (Lipinski definition) is 0. The summed E-state index contributed by atoms with van der Waals surface area (Å²) in [4.78, 5) is 36.4. The number of nitro groups is 1. The first-order valence-electron chi connectivity index (χ1n) is 6.79. The number of hydrogen-bond acceptors (Lipinski definition) is 4. The molecule has 0 spiro atoms. The number of carbonyl (C=O) groups is 2. The highest BCUT2D eigenvalue weighted by molar-refractivity contribution is 6.31. The third-order valence-electron chi connectivity index (χ3n) is 3.72. The maximum atomic E-state index is 12.6. The van der Waals surface area contributed by atoms with Crippen LogP contribution in [0.15, 0.2) is 36.4 Å². The molecule has 3 rings (SSSR count). The van der Waals surface area contributed by atoms with Gasteiger partial charge in [0.05, 0.1) is 17.0 Å². The van der Waals surface area contributed by atoms with Crippen LogP contribution in [0.3, 0.4) is 0 Å². The summed E-state index contributed by atoms with van der Waals surface area (Å²) in [5.74, 6) is -0.841. The Labute approximate surface area is 136 Å². The van der Waals surface area contributed by atoms with E-state index >= 15 is 0 Å². The lowest BCUT2D eigenvalue weighted by atomic mass is 9.97. The van der Waals surface area contributed by atoms with Crippen molar-refractivity contribution in [3.05, 3.63) is 68.2 Å². The number of rotatable bonds is 2. The lowest BCUT2D eigenvalue weighted by Gasteiger charge is -2.28. The van der Waals surface area contributed by atoms with E-state index < -0.39 is 10.8 Å². The number of carbonyl (C=O) groups excluding carboxylic acids is 2. The van der Waals surface area contributed by atoms with Gasteiger partial charge in [-0.2, -0.15) is 0 Å². The van der Waals surface area contributed by atoms with Crippen LogP contribution in [0.1, 0.15) is 21.5 Å². The standard InChI is InChI=1S/C16H11ClN2O4/c1-9-6-12(19(22)23)3-5-14(9)18-15(20)8-10-7-11(17)2-4-13(10)16(18)21/h2-7H,8H2,1H3. The van der Waals surface area contributed by atoms with Crippen molar-refractivity contribution in [2.45, 2.75) is 13.3 Å². The molecular formula is C16H11ClN2O4. The molecule has 1 heterocycles. The number of halogens is 1.